The van der Waals surface area contributed by atoms with Crippen molar-refractivity contribution in [1.82, 2.24) is 24.7 Å². The van der Waals surface area contributed by atoms with Gasteiger partial charge in [-0.15, -0.1) is 0 Å². The van der Waals surface area contributed by atoms with Gasteiger partial charge < -0.3 is 10.6 Å². The quantitative estimate of drug-likeness (QED) is 0.772. The molecule has 0 saturated heterocycles. The molecule has 0 saturated carbocycles. The third kappa shape index (κ3) is 2.82. The van der Waals surface area contributed by atoms with Crippen molar-refractivity contribution in [2.45, 2.75) is 33.7 Å². The Morgan fingerprint density at radius 3 is 2.68 bits per heavy atom. The number of rotatable bonds is 2. The van der Waals surface area contributed by atoms with Crippen molar-refractivity contribution in [3.8, 4) is 5.95 Å². The zero-order valence-electron chi connectivity index (χ0n) is 14.7. The monoisotopic (exact) mass is 335 g/mol. The van der Waals surface area contributed by atoms with Crippen LogP contribution in [0.15, 0.2) is 24.4 Å². The Bertz CT molecular complexity index is 945. The average molecular weight is 335 g/mol. The number of nitrogens with zero attached hydrogens (tertiary/aromatic N) is 6. The normalized spacial score (nSPS) is 13.8. The minimum absolute atomic E-state index is 0.602. The summed E-state index contributed by atoms with van der Waals surface area (Å²) < 4.78 is 1.79. The van der Waals surface area contributed by atoms with E-state index in [4.69, 9.17) is 10.7 Å². The molecule has 0 atom stereocenters. The van der Waals surface area contributed by atoms with E-state index in [-0.39, 0.29) is 0 Å². The van der Waals surface area contributed by atoms with Gasteiger partial charge in [-0.05, 0) is 44.9 Å². The molecule has 0 unspecified atom stereocenters. The summed E-state index contributed by atoms with van der Waals surface area (Å²) in [5.41, 5.74) is 11.3. The second kappa shape index (κ2) is 5.84. The van der Waals surface area contributed by atoms with Crippen LogP contribution in [0.3, 0.4) is 0 Å². The number of aryl methyl sites for hydroxylation is 3. The lowest BCUT2D eigenvalue weighted by molar-refractivity contribution is 0.704. The maximum atomic E-state index is 6.07. The fourth-order valence-electron chi connectivity index (χ4n) is 3.31. The lowest BCUT2D eigenvalue weighted by atomic mass is 10.0. The average Bonchev–Trinajstić information content (AvgIpc) is 2.93. The van der Waals surface area contributed by atoms with Crippen LogP contribution in [0, 0.1) is 20.8 Å². The fourth-order valence-corrected chi connectivity index (χ4v) is 3.31. The van der Waals surface area contributed by atoms with Gasteiger partial charge in [0.2, 0.25) is 0 Å². The third-order valence-electron chi connectivity index (χ3n) is 4.54. The van der Waals surface area contributed by atoms with Crippen LogP contribution >= 0.6 is 0 Å². The van der Waals surface area contributed by atoms with Crippen LogP contribution in [0.1, 0.15) is 28.2 Å². The van der Waals surface area contributed by atoms with Crippen molar-refractivity contribution >= 4 is 11.6 Å². The summed E-state index contributed by atoms with van der Waals surface area (Å²) in [5.74, 6) is 2.10. The third-order valence-corrected chi connectivity index (χ3v) is 4.54. The second-order valence-corrected chi connectivity index (χ2v) is 6.51. The van der Waals surface area contributed by atoms with E-state index >= 15 is 0 Å². The standard InChI is InChI=1S/C18H21N7/c1-11-9-16(22-18(21-11)25-13(3)8-12(2)23-25)24-7-5-14-4-6-20-17(19)15(14)10-24/h4,6,8-9H,5,7,10H2,1-3H3,(H2,19,20). The molecule has 2 N–H and O–H groups in total. The molecule has 0 bridgehead atoms. The van der Waals surface area contributed by atoms with Crippen molar-refractivity contribution in [3.05, 3.63) is 52.6 Å². The van der Waals surface area contributed by atoms with Gasteiger partial charge in [0.15, 0.2) is 0 Å². The number of nitrogens with two attached hydrogens (primary N) is 1. The topological polar surface area (TPSA) is 85.8 Å². The van der Waals surface area contributed by atoms with Crippen molar-refractivity contribution in [2.24, 2.45) is 0 Å². The molecule has 4 heterocycles. The molecule has 0 aliphatic carbocycles. The maximum Gasteiger partial charge on any atom is 0.252 e. The highest BCUT2D eigenvalue weighted by molar-refractivity contribution is 5.52. The van der Waals surface area contributed by atoms with Crippen LogP contribution in [-0.4, -0.2) is 31.3 Å². The largest absolute Gasteiger partial charge is 0.383 e. The molecule has 3 aromatic heterocycles. The van der Waals surface area contributed by atoms with Crippen molar-refractivity contribution in [3.63, 3.8) is 0 Å². The number of pyridine rings is 1. The number of anilines is 2. The van der Waals surface area contributed by atoms with Gasteiger partial charge in [0.05, 0.1) is 5.69 Å². The molecule has 1 aliphatic heterocycles. The summed E-state index contributed by atoms with van der Waals surface area (Å²) in [5, 5.41) is 4.50. The van der Waals surface area contributed by atoms with Crippen LogP contribution in [0.2, 0.25) is 0 Å². The first kappa shape index (κ1) is 15.6. The molecule has 0 fully saturated rings. The Kier molecular flexibility index (Phi) is 3.63. The van der Waals surface area contributed by atoms with Crippen molar-refractivity contribution in [1.29, 1.82) is 0 Å². The summed E-state index contributed by atoms with van der Waals surface area (Å²) in [6, 6.07) is 6.08. The molecule has 0 aromatic carbocycles. The van der Waals surface area contributed by atoms with E-state index in [1.807, 2.05) is 32.9 Å². The number of nitrogen functional groups attached to an aromatic ring is 1. The van der Waals surface area contributed by atoms with Crippen molar-refractivity contribution < 1.29 is 0 Å². The first-order valence-electron chi connectivity index (χ1n) is 8.38. The van der Waals surface area contributed by atoms with Gasteiger partial charge in [-0.1, -0.05) is 0 Å². The van der Waals surface area contributed by atoms with Crippen LogP contribution in [0.25, 0.3) is 5.95 Å². The van der Waals surface area contributed by atoms with Gasteiger partial charge in [0.25, 0.3) is 5.95 Å². The molecule has 0 amide bonds. The molecule has 7 heteroatoms. The number of aromatic nitrogens is 5. The van der Waals surface area contributed by atoms with Crippen molar-refractivity contribution in [2.75, 3.05) is 17.2 Å². The van der Waals surface area contributed by atoms with Gasteiger partial charge in [-0.2, -0.15) is 10.1 Å². The zero-order valence-corrected chi connectivity index (χ0v) is 14.7. The number of hydrogen-bond donors (Lipinski definition) is 1. The molecular weight excluding hydrogens is 314 g/mol. The predicted molar refractivity (Wildman–Crippen MR) is 96.8 cm³/mol. The second-order valence-electron chi connectivity index (χ2n) is 6.51. The lowest BCUT2D eigenvalue weighted by Gasteiger charge is -2.30. The molecule has 0 radical (unpaired) electrons. The Morgan fingerprint density at radius 2 is 1.92 bits per heavy atom. The first-order valence-corrected chi connectivity index (χ1v) is 8.38. The summed E-state index contributed by atoms with van der Waals surface area (Å²) in [6.45, 7) is 7.56. The van der Waals surface area contributed by atoms with Gasteiger partial charge in [0, 0.05) is 42.3 Å². The Hall–Kier alpha value is -2.96. The van der Waals surface area contributed by atoms with Gasteiger partial charge in [0.1, 0.15) is 11.6 Å². The summed E-state index contributed by atoms with van der Waals surface area (Å²) in [7, 11) is 0. The smallest absolute Gasteiger partial charge is 0.252 e. The van der Waals surface area contributed by atoms with E-state index < -0.39 is 0 Å². The molecule has 0 spiro atoms. The highest BCUT2D eigenvalue weighted by Gasteiger charge is 2.21. The molecule has 1 aliphatic rings. The molecule has 4 rings (SSSR count). The highest BCUT2D eigenvalue weighted by Crippen LogP contribution is 2.26. The fraction of sp³-hybridized carbons (Fsp3) is 0.333. The Balaban J connectivity index is 1.72. The Morgan fingerprint density at radius 1 is 1.08 bits per heavy atom. The summed E-state index contributed by atoms with van der Waals surface area (Å²) >= 11 is 0. The molecule has 128 valence electrons. The van der Waals surface area contributed by atoms with E-state index in [0.29, 0.717) is 18.3 Å². The zero-order chi connectivity index (χ0) is 17.6. The van der Waals surface area contributed by atoms with Crippen LogP contribution < -0.4 is 10.6 Å². The summed E-state index contributed by atoms with van der Waals surface area (Å²) in [6.07, 6.45) is 2.71. The van der Waals surface area contributed by atoms with Crippen LogP contribution in [0.4, 0.5) is 11.6 Å². The molecule has 7 nitrogen and oxygen atoms in total. The van der Waals surface area contributed by atoms with E-state index in [1.165, 1.54) is 5.56 Å². The Labute approximate surface area is 146 Å². The SMILES string of the molecule is Cc1cc(N2CCc3ccnc(N)c3C2)nc(-n2nc(C)cc2C)n1. The maximum absolute atomic E-state index is 6.07. The molecule has 25 heavy (non-hydrogen) atoms. The summed E-state index contributed by atoms with van der Waals surface area (Å²) in [4.78, 5) is 15.8. The van der Waals surface area contributed by atoms with E-state index in [9.17, 15) is 0 Å². The lowest BCUT2D eigenvalue weighted by Crippen LogP contribution is -2.32. The van der Waals surface area contributed by atoms with E-state index in [2.05, 4.69) is 26.0 Å². The van der Waals surface area contributed by atoms with E-state index in [1.54, 1.807) is 10.9 Å². The van der Waals surface area contributed by atoms with E-state index in [0.717, 1.165) is 41.4 Å². The minimum Gasteiger partial charge on any atom is -0.383 e. The van der Waals surface area contributed by atoms with Gasteiger partial charge in [-0.25, -0.2) is 14.6 Å². The molecule has 3 aromatic rings. The van der Waals surface area contributed by atoms with Crippen LogP contribution in [0.5, 0.6) is 0 Å². The molecular formula is C18H21N7. The predicted octanol–water partition coefficient (Wildman–Crippen LogP) is 2.13. The van der Waals surface area contributed by atoms with Gasteiger partial charge in [-0.3, -0.25) is 0 Å². The minimum atomic E-state index is 0.602. The highest BCUT2D eigenvalue weighted by atomic mass is 15.4. The number of fused-ring (bicyclic) bond motifs is 1. The van der Waals surface area contributed by atoms with Gasteiger partial charge >= 0.3 is 0 Å². The first-order chi connectivity index (χ1) is 12.0. The number of hydrogen-bond acceptors (Lipinski definition) is 6. The van der Waals surface area contributed by atoms with Crippen LogP contribution in [-0.2, 0) is 13.0 Å².